The van der Waals surface area contributed by atoms with Crippen LogP contribution in [0.2, 0.25) is 5.02 Å². The molecule has 2 aromatic rings. The fourth-order valence-electron chi connectivity index (χ4n) is 4.60. The Morgan fingerprint density at radius 1 is 1.15 bits per heavy atom. The Kier molecular flexibility index (Phi) is 5.29. The number of likely N-dealkylation sites (tertiary alicyclic amines) is 1. The van der Waals surface area contributed by atoms with Crippen LogP contribution in [0.4, 0.5) is 0 Å². The third kappa shape index (κ3) is 4.22. The van der Waals surface area contributed by atoms with Crippen molar-refractivity contribution in [2.24, 2.45) is 17.1 Å². The summed E-state index contributed by atoms with van der Waals surface area (Å²) in [6, 6.07) is 11.3. The monoisotopic (exact) mass is 385 g/mol. The summed E-state index contributed by atoms with van der Waals surface area (Å²) < 4.78 is 2.31. The number of rotatable bonds is 6. The number of nitrogens with two attached hydrogens (primary N) is 1. The van der Waals surface area contributed by atoms with Crippen LogP contribution in [0.5, 0.6) is 0 Å². The molecule has 1 aromatic carbocycles. The Morgan fingerprint density at radius 2 is 1.78 bits per heavy atom. The van der Waals surface area contributed by atoms with Crippen LogP contribution in [0, 0.1) is 11.3 Å². The van der Waals surface area contributed by atoms with Gasteiger partial charge in [-0.1, -0.05) is 23.7 Å². The van der Waals surface area contributed by atoms with Gasteiger partial charge in [0.05, 0.1) is 6.04 Å². The van der Waals surface area contributed by atoms with Gasteiger partial charge < -0.3 is 15.2 Å². The van der Waals surface area contributed by atoms with Crippen LogP contribution in [0.25, 0.3) is 0 Å². The number of hydrogen-bond donors (Lipinski definition) is 1. The van der Waals surface area contributed by atoms with E-state index in [9.17, 15) is 4.79 Å². The van der Waals surface area contributed by atoms with Crippen molar-refractivity contribution >= 4 is 17.5 Å². The standard InChI is InChI=1S/C22H28ClN3O/c23-19-7-3-17(4-8-19)15-20(24)21(27)26-13-9-22(10-14-26,18-5-6-18)16-25-11-1-2-12-25/h1-4,7-8,11-12,18,20H,5-6,9-10,13-16,24H2. The van der Waals surface area contributed by atoms with Crippen molar-refractivity contribution in [1.29, 1.82) is 0 Å². The Bertz CT molecular complexity index is 759. The molecule has 0 radical (unpaired) electrons. The molecule has 1 amide bonds. The minimum Gasteiger partial charge on any atom is -0.354 e. The summed E-state index contributed by atoms with van der Waals surface area (Å²) in [5, 5.41) is 0.703. The summed E-state index contributed by atoms with van der Waals surface area (Å²) in [6.07, 6.45) is 9.71. The smallest absolute Gasteiger partial charge is 0.239 e. The quantitative estimate of drug-likeness (QED) is 0.823. The number of nitrogens with zero attached hydrogens (tertiary/aromatic N) is 2. The molecule has 144 valence electrons. The Hall–Kier alpha value is -1.78. The van der Waals surface area contributed by atoms with Gasteiger partial charge in [-0.2, -0.15) is 0 Å². The Labute approximate surface area is 166 Å². The van der Waals surface area contributed by atoms with Gasteiger partial charge in [0, 0.05) is 37.1 Å². The first kappa shape index (κ1) is 18.6. The van der Waals surface area contributed by atoms with Crippen molar-refractivity contribution < 1.29 is 4.79 Å². The maximum Gasteiger partial charge on any atom is 0.239 e. The molecule has 4 nitrogen and oxygen atoms in total. The van der Waals surface area contributed by atoms with Gasteiger partial charge in [0.1, 0.15) is 0 Å². The van der Waals surface area contributed by atoms with Gasteiger partial charge in [-0.3, -0.25) is 4.79 Å². The maximum absolute atomic E-state index is 12.9. The average Bonchev–Trinajstić information content (AvgIpc) is 3.43. The SMILES string of the molecule is NC(Cc1ccc(Cl)cc1)C(=O)N1CCC(Cn2cccc2)(C2CC2)CC1. The second-order valence-corrected chi connectivity index (χ2v) is 8.69. The second kappa shape index (κ2) is 7.69. The highest BCUT2D eigenvalue weighted by molar-refractivity contribution is 6.30. The van der Waals surface area contributed by atoms with Crippen molar-refractivity contribution in [1.82, 2.24) is 9.47 Å². The number of benzene rings is 1. The molecule has 4 rings (SSSR count). The van der Waals surface area contributed by atoms with E-state index >= 15 is 0 Å². The highest BCUT2D eigenvalue weighted by atomic mass is 35.5. The van der Waals surface area contributed by atoms with Crippen LogP contribution >= 0.6 is 11.6 Å². The summed E-state index contributed by atoms with van der Waals surface area (Å²) in [5.41, 5.74) is 7.64. The van der Waals surface area contributed by atoms with Gasteiger partial charge in [-0.05, 0) is 73.3 Å². The van der Waals surface area contributed by atoms with E-state index in [2.05, 4.69) is 29.1 Å². The van der Waals surface area contributed by atoms with Crippen molar-refractivity contribution in [2.75, 3.05) is 13.1 Å². The molecule has 1 saturated carbocycles. The zero-order valence-corrected chi connectivity index (χ0v) is 16.4. The van der Waals surface area contributed by atoms with Crippen molar-refractivity contribution in [3.05, 3.63) is 59.4 Å². The maximum atomic E-state index is 12.9. The molecule has 2 fully saturated rings. The lowest BCUT2D eigenvalue weighted by Gasteiger charge is -2.43. The largest absolute Gasteiger partial charge is 0.354 e. The third-order valence-corrected chi connectivity index (χ3v) is 6.62. The minimum atomic E-state index is -0.482. The van der Waals surface area contributed by atoms with Crippen molar-refractivity contribution in [2.45, 2.75) is 44.7 Å². The first-order valence-electron chi connectivity index (χ1n) is 9.95. The number of amides is 1. The average molecular weight is 386 g/mol. The summed E-state index contributed by atoms with van der Waals surface area (Å²) in [5.74, 6) is 0.898. The number of hydrogen-bond acceptors (Lipinski definition) is 2. The molecule has 0 spiro atoms. The molecule has 1 aliphatic carbocycles. The van der Waals surface area contributed by atoms with Gasteiger partial charge in [-0.25, -0.2) is 0 Å². The zero-order valence-electron chi connectivity index (χ0n) is 15.7. The van der Waals surface area contributed by atoms with Crippen LogP contribution in [-0.4, -0.2) is 34.5 Å². The van der Waals surface area contributed by atoms with Crippen molar-refractivity contribution in [3.63, 3.8) is 0 Å². The fourth-order valence-corrected chi connectivity index (χ4v) is 4.73. The van der Waals surface area contributed by atoms with E-state index in [1.807, 2.05) is 29.2 Å². The summed E-state index contributed by atoms with van der Waals surface area (Å²) in [4.78, 5) is 14.8. The van der Waals surface area contributed by atoms with E-state index in [4.69, 9.17) is 17.3 Å². The molecule has 0 bridgehead atoms. The van der Waals surface area contributed by atoms with Crippen LogP contribution in [0.3, 0.4) is 0 Å². The lowest BCUT2D eigenvalue weighted by Crippen LogP contribution is -2.51. The van der Waals surface area contributed by atoms with E-state index in [-0.39, 0.29) is 5.91 Å². The van der Waals surface area contributed by atoms with Gasteiger partial charge in [0.15, 0.2) is 0 Å². The Balaban J connectivity index is 1.36. The van der Waals surface area contributed by atoms with Gasteiger partial charge in [-0.15, -0.1) is 0 Å². The lowest BCUT2D eigenvalue weighted by atomic mass is 9.73. The molecule has 2 aliphatic rings. The number of halogens is 1. The molecule has 2 N–H and O–H groups in total. The van der Waals surface area contributed by atoms with E-state index in [1.54, 1.807) is 0 Å². The predicted molar refractivity (Wildman–Crippen MR) is 109 cm³/mol. The van der Waals surface area contributed by atoms with Crippen LogP contribution in [0.1, 0.15) is 31.2 Å². The molecule has 1 saturated heterocycles. The molecule has 1 unspecified atom stereocenters. The molecule has 5 heteroatoms. The number of aromatic nitrogens is 1. The third-order valence-electron chi connectivity index (χ3n) is 6.36. The lowest BCUT2D eigenvalue weighted by molar-refractivity contribution is -0.135. The molecular formula is C22H28ClN3O. The molecule has 1 aliphatic heterocycles. The minimum absolute atomic E-state index is 0.0790. The van der Waals surface area contributed by atoms with Crippen LogP contribution < -0.4 is 5.73 Å². The highest BCUT2D eigenvalue weighted by Gasteiger charge is 2.47. The normalized spacial score (nSPS) is 20.4. The van der Waals surface area contributed by atoms with E-state index in [0.29, 0.717) is 16.9 Å². The molecule has 1 atom stereocenters. The fraction of sp³-hybridized carbons (Fsp3) is 0.500. The Morgan fingerprint density at radius 3 is 2.37 bits per heavy atom. The number of piperidine rings is 1. The predicted octanol–water partition coefficient (Wildman–Crippen LogP) is 3.73. The second-order valence-electron chi connectivity index (χ2n) is 8.25. The van der Waals surface area contributed by atoms with Crippen molar-refractivity contribution in [3.8, 4) is 0 Å². The summed E-state index contributed by atoms with van der Waals surface area (Å²) in [7, 11) is 0. The number of carbonyl (C=O) groups excluding carboxylic acids is 1. The molecule has 27 heavy (non-hydrogen) atoms. The molecule has 2 heterocycles. The van der Waals surface area contributed by atoms with E-state index < -0.39 is 6.04 Å². The summed E-state index contributed by atoms with van der Waals surface area (Å²) in [6.45, 7) is 2.72. The summed E-state index contributed by atoms with van der Waals surface area (Å²) >= 11 is 5.93. The van der Waals surface area contributed by atoms with Gasteiger partial charge in [0.2, 0.25) is 5.91 Å². The number of carbonyl (C=O) groups is 1. The van der Waals surface area contributed by atoms with E-state index in [0.717, 1.165) is 44.0 Å². The first-order valence-corrected chi connectivity index (χ1v) is 10.3. The highest BCUT2D eigenvalue weighted by Crippen LogP contribution is 2.52. The topological polar surface area (TPSA) is 51.3 Å². The zero-order chi connectivity index (χ0) is 18.9. The molecular weight excluding hydrogens is 358 g/mol. The van der Waals surface area contributed by atoms with Crippen LogP contribution in [0.15, 0.2) is 48.8 Å². The van der Waals surface area contributed by atoms with Gasteiger partial charge in [0.25, 0.3) is 0 Å². The molecule has 1 aromatic heterocycles. The van der Waals surface area contributed by atoms with Gasteiger partial charge >= 0.3 is 0 Å². The van der Waals surface area contributed by atoms with Crippen LogP contribution in [-0.2, 0) is 17.8 Å². The first-order chi connectivity index (χ1) is 13.1. The van der Waals surface area contributed by atoms with E-state index in [1.165, 1.54) is 12.8 Å².